The highest BCUT2D eigenvalue weighted by Crippen LogP contribution is 1.87. The molecule has 3 N–H and O–H groups in total. The van der Waals surface area contributed by atoms with Gasteiger partial charge in [-0.1, -0.05) is 0 Å². The molecule has 0 unspecified atom stereocenters. The van der Waals surface area contributed by atoms with Crippen LogP contribution in [0.15, 0.2) is 0 Å². The highest BCUT2D eigenvalue weighted by molar-refractivity contribution is 5.72. The Bertz CT molecular complexity index is 110. The number of rotatable bonds is 1. The molecule has 0 aromatic rings. The van der Waals surface area contributed by atoms with E-state index in [1.807, 2.05) is 0 Å². The molecule has 1 aliphatic heterocycles. The third kappa shape index (κ3) is 1.65. The lowest BCUT2D eigenvalue weighted by Gasteiger charge is -2.20. The molecule has 1 saturated heterocycles. The maximum atomic E-state index is 10.2. The number of hydrogen-bond donors (Lipinski definition) is 3. The quantitative estimate of drug-likeness (QED) is 0.425. The van der Waals surface area contributed by atoms with Gasteiger partial charge in [0.25, 0.3) is 0 Å². The summed E-state index contributed by atoms with van der Waals surface area (Å²) >= 11 is 0. The van der Waals surface area contributed by atoms with Gasteiger partial charge in [0, 0.05) is 0 Å². The standard InChI is InChI=1S/C5H10N2O2/c8-5(9)4-6-2-1-3-7-4/h4,6-7H,1-3H2,(H,8,9). The Morgan fingerprint density at radius 1 is 1.44 bits per heavy atom. The van der Waals surface area contributed by atoms with E-state index in [1.54, 1.807) is 0 Å². The molecule has 52 valence electrons. The molecule has 0 bridgehead atoms. The van der Waals surface area contributed by atoms with Crippen LogP contribution in [0.4, 0.5) is 0 Å². The number of hydrogen-bond acceptors (Lipinski definition) is 3. The Labute approximate surface area is 53.2 Å². The van der Waals surface area contributed by atoms with Crippen LogP contribution in [0.1, 0.15) is 6.42 Å². The number of aliphatic carboxylic acids is 1. The van der Waals surface area contributed by atoms with Gasteiger partial charge in [-0.3, -0.25) is 10.6 Å². The lowest BCUT2D eigenvalue weighted by molar-refractivity contribution is -0.140. The van der Waals surface area contributed by atoms with Gasteiger partial charge in [0.05, 0.1) is 0 Å². The van der Waals surface area contributed by atoms with E-state index >= 15 is 0 Å². The van der Waals surface area contributed by atoms with Crippen molar-refractivity contribution < 1.29 is 9.90 Å². The molecule has 0 aromatic carbocycles. The first-order valence-corrected chi connectivity index (χ1v) is 3.00. The van der Waals surface area contributed by atoms with E-state index in [4.69, 9.17) is 5.11 Å². The summed E-state index contributed by atoms with van der Waals surface area (Å²) in [5.74, 6) is -0.824. The van der Waals surface area contributed by atoms with Crippen molar-refractivity contribution in [3.05, 3.63) is 0 Å². The van der Waals surface area contributed by atoms with Gasteiger partial charge in [-0.25, -0.2) is 4.79 Å². The fraction of sp³-hybridized carbons (Fsp3) is 0.800. The molecule has 1 heterocycles. The van der Waals surface area contributed by atoms with Crippen LogP contribution in [0.25, 0.3) is 0 Å². The normalized spacial score (nSPS) is 21.8. The molecule has 9 heavy (non-hydrogen) atoms. The molecule has 1 fully saturated rings. The van der Waals surface area contributed by atoms with Crippen molar-refractivity contribution in [1.82, 2.24) is 10.6 Å². The number of carboxylic acids is 1. The van der Waals surface area contributed by atoms with Crippen LogP contribution in [-0.4, -0.2) is 30.3 Å². The van der Waals surface area contributed by atoms with Crippen LogP contribution < -0.4 is 10.6 Å². The Hall–Kier alpha value is -0.610. The van der Waals surface area contributed by atoms with Crippen molar-refractivity contribution in [2.24, 2.45) is 0 Å². The van der Waals surface area contributed by atoms with E-state index in [0.717, 1.165) is 19.5 Å². The molecule has 0 radical (unpaired) electrons. The summed E-state index contributed by atoms with van der Waals surface area (Å²) in [5.41, 5.74) is 0. The summed E-state index contributed by atoms with van der Waals surface area (Å²) in [7, 11) is 0. The molecule has 1 aliphatic rings. The summed E-state index contributed by atoms with van der Waals surface area (Å²) < 4.78 is 0. The van der Waals surface area contributed by atoms with Crippen LogP contribution >= 0.6 is 0 Å². The molecule has 4 heteroatoms. The predicted molar refractivity (Wildman–Crippen MR) is 32.0 cm³/mol. The summed E-state index contributed by atoms with van der Waals surface area (Å²) in [6.07, 6.45) is 0.475. The van der Waals surface area contributed by atoms with Crippen molar-refractivity contribution in [3.8, 4) is 0 Å². The smallest absolute Gasteiger partial charge is 0.335 e. The highest BCUT2D eigenvalue weighted by Gasteiger charge is 2.17. The van der Waals surface area contributed by atoms with E-state index in [1.165, 1.54) is 0 Å². The molecule has 0 aromatic heterocycles. The predicted octanol–water partition coefficient (Wildman–Crippen LogP) is -1.02. The summed E-state index contributed by atoms with van der Waals surface area (Å²) in [6, 6.07) is 0. The van der Waals surface area contributed by atoms with Gasteiger partial charge in [0.15, 0.2) is 6.17 Å². The van der Waals surface area contributed by atoms with E-state index in [2.05, 4.69) is 10.6 Å². The van der Waals surface area contributed by atoms with Crippen molar-refractivity contribution in [2.75, 3.05) is 13.1 Å². The van der Waals surface area contributed by atoms with Crippen molar-refractivity contribution in [3.63, 3.8) is 0 Å². The second-order valence-corrected chi connectivity index (χ2v) is 2.03. The third-order valence-corrected chi connectivity index (χ3v) is 1.30. The zero-order chi connectivity index (χ0) is 6.69. The minimum atomic E-state index is -0.824. The molecule has 0 spiro atoms. The lowest BCUT2D eigenvalue weighted by Crippen LogP contribution is -2.53. The lowest BCUT2D eigenvalue weighted by atomic mass is 10.3. The van der Waals surface area contributed by atoms with Crippen molar-refractivity contribution in [2.45, 2.75) is 12.6 Å². The molecule has 4 nitrogen and oxygen atoms in total. The Kier molecular flexibility index (Phi) is 2.02. The van der Waals surface area contributed by atoms with E-state index in [-0.39, 0.29) is 0 Å². The Morgan fingerprint density at radius 3 is 2.33 bits per heavy atom. The molecule has 0 amide bonds. The topological polar surface area (TPSA) is 61.4 Å². The van der Waals surface area contributed by atoms with Crippen LogP contribution in [0.5, 0.6) is 0 Å². The summed E-state index contributed by atoms with van der Waals surface area (Å²) in [4.78, 5) is 10.2. The maximum absolute atomic E-state index is 10.2. The molecule has 0 aliphatic carbocycles. The van der Waals surface area contributed by atoms with Gasteiger partial charge >= 0.3 is 5.97 Å². The fourth-order valence-electron chi connectivity index (χ4n) is 0.828. The fourth-order valence-corrected chi connectivity index (χ4v) is 0.828. The minimum absolute atomic E-state index is 0.529. The van der Waals surface area contributed by atoms with E-state index < -0.39 is 12.1 Å². The van der Waals surface area contributed by atoms with Crippen LogP contribution in [0, 0.1) is 0 Å². The van der Waals surface area contributed by atoms with E-state index in [0.29, 0.717) is 0 Å². The van der Waals surface area contributed by atoms with Gasteiger partial charge in [0.1, 0.15) is 0 Å². The van der Waals surface area contributed by atoms with Crippen molar-refractivity contribution in [1.29, 1.82) is 0 Å². The third-order valence-electron chi connectivity index (χ3n) is 1.30. The SMILES string of the molecule is O=C(O)C1NCCCN1. The average molecular weight is 130 g/mol. The number of nitrogens with one attached hydrogen (secondary N) is 2. The molecule has 0 saturated carbocycles. The Morgan fingerprint density at radius 2 is 2.00 bits per heavy atom. The van der Waals surface area contributed by atoms with Gasteiger partial charge in [-0.2, -0.15) is 0 Å². The summed E-state index contributed by atoms with van der Waals surface area (Å²) in [6.45, 7) is 1.59. The average Bonchev–Trinajstić information content (AvgIpc) is 1.90. The van der Waals surface area contributed by atoms with Crippen LogP contribution in [0.2, 0.25) is 0 Å². The van der Waals surface area contributed by atoms with Gasteiger partial charge < -0.3 is 5.11 Å². The zero-order valence-electron chi connectivity index (χ0n) is 5.05. The first-order valence-electron chi connectivity index (χ1n) is 3.00. The maximum Gasteiger partial charge on any atom is 0.335 e. The molecular weight excluding hydrogens is 120 g/mol. The molecular formula is C5H10N2O2. The first kappa shape index (κ1) is 6.51. The van der Waals surface area contributed by atoms with Crippen molar-refractivity contribution >= 4 is 5.97 Å². The summed E-state index contributed by atoms with van der Waals surface area (Å²) in [5, 5.41) is 14.0. The first-order chi connectivity index (χ1) is 4.30. The minimum Gasteiger partial charge on any atom is -0.479 e. The van der Waals surface area contributed by atoms with Gasteiger partial charge in [-0.05, 0) is 19.5 Å². The largest absolute Gasteiger partial charge is 0.479 e. The zero-order valence-corrected chi connectivity index (χ0v) is 5.05. The highest BCUT2D eigenvalue weighted by atomic mass is 16.4. The molecule has 1 rings (SSSR count). The number of carbonyl (C=O) groups is 1. The van der Waals surface area contributed by atoms with Gasteiger partial charge in [-0.15, -0.1) is 0 Å². The monoisotopic (exact) mass is 130 g/mol. The van der Waals surface area contributed by atoms with Crippen LogP contribution in [0.3, 0.4) is 0 Å². The van der Waals surface area contributed by atoms with E-state index in [9.17, 15) is 4.79 Å². The Balaban J connectivity index is 2.31. The second kappa shape index (κ2) is 2.80. The van der Waals surface area contributed by atoms with Gasteiger partial charge in [0.2, 0.25) is 0 Å². The molecule has 0 atom stereocenters. The number of carboxylic acid groups (broad SMARTS) is 1. The second-order valence-electron chi connectivity index (χ2n) is 2.03. The van der Waals surface area contributed by atoms with Crippen LogP contribution in [-0.2, 0) is 4.79 Å².